The summed E-state index contributed by atoms with van der Waals surface area (Å²) < 4.78 is 40.6. The van der Waals surface area contributed by atoms with Crippen molar-refractivity contribution in [3.8, 4) is 0 Å². The van der Waals surface area contributed by atoms with Crippen molar-refractivity contribution in [2.75, 3.05) is 0 Å². The van der Waals surface area contributed by atoms with Crippen LogP contribution in [0.1, 0.15) is 56.3 Å². The molecule has 1 aliphatic rings. The highest BCUT2D eigenvalue weighted by Gasteiger charge is 2.31. The molecule has 3 rings (SSSR count). The summed E-state index contributed by atoms with van der Waals surface area (Å²) in [5.74, 6) is 1.09. The SMILES string of the molecule is CC(O)Cn1c(C2CCCCC2)nc2cc(C(F)(F)F)ccc21. The van der Waals surface area contributed by atoms with Crippen molar-refractivity contribution >= 4 is 11.0 Å². The number of aliphatic hydroxyl groups is 1. The first kappa shape index (κ1) is 16.3. The number of alkyl halides is 3. The third-order valence-corrected chi connectivity index (χ3v) is 4.52. The molecule has 1 N–H and O–H groups in total. The zero-order valence-electron chi connectivity index (χ0n) is 13.1. The van der Waals surface area contributed by atoms with Crippen LogP contribution in [0.25, 0.3) is 11.0 Å². The van der Waals surface area contributed by atoms with Gasteiger partial charge in [0.1, 0.15) is 5.82 Å². The maximum atomic E-state index is 12.9. The lowest BCUT2D eigenvalue weighted by molar-refractivity contribution is -0.137. The van der Waals surface area contributed by atoms with Crippen LogP contribution >= 0.6 is 0 Å². The molecule has 0 radical (unpaired) electrons. The minimum Gasteiger partial charge on any atom is -0.392 e. The van der Waals surface area contributed by atoms with Gasteiger partial charge in [-0.2, -0.15) is 13.2 Å². The first-order valence-corrected chi connectivity index (χ1v) is 8.11. The van der Waals surface area contributed by atoms with Crippen LogP contribution in [-0.4, -0.2) is 20.8 Å². The predicted octanol–water partition coefficient (Wildman–Crippen LogP) is 4.48. The van der Waals surface area contributed by atoms with Crippen LogP contribution in [0.15, 0.2) is 18.2 Å². The fourth-order valence-electron chi connectivity index (χ4n) is 3.45. The largest absolute Gasteiger partial charge is 0.416 e. The van der Waals surface area contributed by atoms with Crippen molar-refractivity contribution < 1.29 is 18.3 Å². The van der Waals surface area contributed by atoms with Crippen molar-refractivity contribution in [3.05, 3.63) is 29.6 Å². The van der Waals surface area contributed by atoms with Crippen LogP contribution < -0.4 is 0 Å². The normalized spacial score (nSPS) is 18.5. The van der Waals surface area contributed by atoms with Gasteiger partial charge < -0.3 is 9.67 Å². The van der Waals surface area contributed by atoms with Gasteiger partial charge in [-0.15, -0.1) is 0 Å². The molecule has 0 bridgehead atoms. The Morgan fingerprint density at radius 3 is 2.57 bits per heavy atom. The molecule has 23 heavy (non-hydrogen) atoms. The van der Waals surface area contributed by atoms with Gasteiger partial charge in [0, 0.05) is 5.92 Å². The lowest BCUT2D eigenvalue weighted by atomic mass is 9.88. The molecular formula is C17H21F3N2O. The second-order valence-corrected chi connectivity index (χ2v) is 6.47. The van der Waals surface area contributed by atoms with Crippen molar-refractivity contribution in [1.82, 2.24) is 9.55 Å². The molecule has 1 saturated carbocycles. The Labute approximate surface area is 133 Å². The minimum absolute atomic E-state index is 0.268. The van der Waals surface area contributed by atoms with E-state index in [0.29, 0.717) is 17.6 Å². The summed E-state index contributed by atoms with van der Waals surface area (Å²) in [7, 11) is 0. The molecule has 1 atom stereocenters. The summed E-state index contributed by atoms with van der Waals surface area (Å²) in [6, 6.07) is 3.67. The maximum absolute atomic E-state index is 12.9. The van der Waals surface area contributed by atoms with Gasteiger partial charge in [-0.3, -0.25) is 0 Å². The molecule has 1 fully saturated rings. The van der Waals surface area contributed by atoms with E-state index in [1.807, 2.05) is 4.57 Å². The highest BCUT2D eigenvalue weighted by molar-refractivity contribution is 5.77. The molecule has 0 saturated heterocycles. The Hall–Kier alpha value is -1.56. The molecule has 0 spiro atoms. The Kier molecular flexibility index (Phi) is 4.36. The number of halogens is 3. The van der Waals surface area contributed by atoms with Gasteiger partial charge in [-0.25, -0.2) is 4.98 Å². The first-order chi connectivity index (χ1) is 10.9. The number of fused-ring (bicyclic) bond motifs is 1. The third kappa shape index (κ3) is 3.37. The zero-order valence-corrected chi connectivity index (χ0v) is 13.1. The van der Waals surface area contributed by atoms with Gasteiger partial charge in [-0.05, 0) is 38.0 Å². The number of hydrogen-bond donors (Lipinski definition) is 1. The van der Waals surface area contributed by atoms with E-state index in [-0.39, 0.29) is 5.92 Å². The molecule has 126 valence electrons. The summed E-state index contributed by atoms with van der Waals surface area (Å²) >= 11 is 0. The van der Waals surface area contributed by atoms with E-state index < -0.39 is 17.8 Å². The Morgan fingerprint density at radius 1 is 1.26 bits per heavy atom. The van der Waals surface area contributed by atoms with Gasteiger partial charge in [-0.1, -0.05) is 19.3 Å². The van der Waals surface area contributed by atoms with E-state index in [0.717, 1.165) is 43.6 Å². The Bertz CT molecular complexity index is 685. The molecule has 3 nitrogen and oxygen atoms in total. The van der Waals surface area contributed by atoms with E-state index in [2.05, 4.69) is 4.98 Å². The second kappa shape index (κ2) is 6.15. The van der Waals surface area contributed by atoms with Crippen LogP contribution in [0.4, 0.5) is 13.2 Å². The number of hydrogen-bond acceptors (Lipinski definition) is 2. The molecule has 1 aliphatic carbocycles. The standard InChI is InChI=1S/C17H21F3N2O/c1-11(23)10-22-15-8-7-13(17(18,19)20)9-14(15)21-16(22)12-5-3-2-4-6-12/h7-9,11-12,23H,2-6,10H2,1H3. The van der Waals surface area contributed by atoms with E-state index >= 15 is 0 Å². The highest BCUT2D eigenvalue weighted by atomic mass is 19.4. The van der Waals surface area contributed by atoms with E-state index in [1.165, 1.54) is 12.5 Å². The fraction of sp³-hybridized carbons (Fsp3) is 0.588. The third-order valence-electron chi connectivity index (χ3n) is 4.52. The average molecular weight is 326 g/mol. The zero-order chi connectivity index (χ0) is 16.6. The molecule has 0 aliphatic heterocycles. The fourth-order valence-corrected chi connectivity index (χ4v) is 3.45. The van der Waals surface area contributed by atoms with E-state index in [1.54, 1.807) is 6.92 Å². The van der Waals surface area contributed by atoms with Gasteiger partial charge >= 0.3 is 6.18 Å². The average Bonchev–Trinajstić information content (AvgIpc) is 2.85. The molecule has 6 heteroatoms. The van der Waals surface area contributed by atoms with Gasteiger partial charge in [0.25, 0.3) is 0 Å². The molecule has 1 aromatic carbocycles. The number of nitrogens with zero attached hydrogens (tertiary/aromatic N) is 2. The number of benzene rings is 1. The minimum atomic E-state index is -4.37. The molecule has 1 unspecified atom stereocenters. The van der Waals surface area contributed by atoms with E-state index in [9.17, 15) is 18.3 Å². The van der Waals surface area contributed by atoms with Crippen LogP contribution in [0.2, 0.25) is 0 Å². The molecule has 0 amide bonds. The Balaban J connectivity index is 2.09. The van der Waals surface area contributed by atoms with Crippen LogP contribution in [0, 0.1) is 0 Å². The monoisotopic (exact) mass is 326 g/mol. The summed E-state index contributed by atoms with van der Waals surface area (Å²) in [5.41, 5.74) is 0.349. The number of aliphatic hydroxyl groups excluding tert-OH is 1. The van der Waals surface area contributed by atoms with Crippen molar-refractivity contribution in [3.63, 3.8) is 0 Å². The van der Waals surface area contributed by atoms with Gasteiger partial charge in [0.15, 0.2) is 0 Å². The van der Waals surface area contributed by atoms with E-state index in [4.69, 9.17) is 0 Å². The molecular weight excluding hydrogens is 305 g/mol. The smallest absolute Gasteiger partial charge is 0.392 e. The van der Waals surface area contributed by atoms with Crippen LogP contribution in [0.3, 0.4) is 0 Å². The van der Waals surface area contributed by atoms with Crippen molar-refractivity contribution in [2.24, 2.45) is 0 Å². The van der Waals surface area contributed by atoms with Crippen LogP contribution in [-0.2, 0) is 12.7 Å². The predicted molar refractivity (Wildman–Crippen MR) is 82.2 cm³/mol. The number of imidazole rings is 1. The quantitative estimate of drug-likeness (QED) is 0.903. The summed E-state index contributed by atoms with van der Waals surface area (Å²) in [4.78, 5) is 4.52. The number of rotatable bonds is 3. The van der Waals surface area contributed by atoms with Crippen molar-refractivity contribution in [2.45, 2.75) is 63.8 Å². The number of aromatic nitrogens is 2. The van der Waals surface area contributed by atoms with Crippen molar-refractivity contribution in [1.29, 1.82) is 0 Å². The van der Waals surface area contributed by atoms with Crippen LogP contribution in [0.5, 0.6) is 0 Å². The summed E-state index contributed by atoms with van der Waals surface area (Å²) in [6.45, 7) is 2.04. The maximum Gasteiger partial charge on any atom is 0.416 e. The second-order valence-electron chi connectivity index (χ2n) is 6.47. The highest BCUT2D eigenvalue weighted by Crippen LogP contribution is 2.36. The first-order valence-electron chi connectivity index (χ1n) is 8.11. The lowest BCUT2D eigenvalue weighted by Crippen LogP contribution is -2.17. The summed E-state index contributed by atoms with van der Waals surface area (Å²) in [6.07, 6.45) is 0.521. The Morgan fingerprint density at radius 2 is 1.96 bits per heavy atom. The molecule has 1 aromatic heterocycles. The summed E-state index contributed by atoms with van der Waals surface area (Å²) in [5, 5.41) is 9.76. The molecule has 2 aromatic rings. The topological polar surface area (TPSA) is 38.0 Å². The lowest BCUT2D eigenvalue weighted by Gasteiger charge is -2.22. The molecule has 1 heterocycles. The van der Waals surface area contributed by atoms with Gasteiger partial charge in [0.05, 0.1) is 29.2 Å². The van der Waals surface area contributed by atoms with Gasteiger partial charge in [0.2, 0.25) is 0 Å².